The first-order chi connectivity index (χ1) is 9.63. The van der Waals surface area contributed by atoms with E-state index in [1.54, 1.807) is 13.0 Å². The molecule has 1 fully saturated rings. The molecule has 1 aromatic rings. The van der Waals surface area contributed by atoms with Gasteiger partial charge in [0.05, 0.1) is 6.10 Å². The van der Waals surface area contributed by atoms with E-state index >= 15 is 0 Å². The van der Waals surface area contributed by atoms with Gasteiger partial charge < -0.3 is 19.8 Å². The van der Waals surface area contributed by atoms with Crippen LogP contribution in [-0.2, 0) is 0 Å². The van der Waals surface area contributed by atoms with Gasteiger partial charge in [0.15, 0.2) is 5.82 Å². The molecule has 7 nitrogen and oxygen atoms in total. The minimum Gasteiger partial charge on any atom is -0.390 e. The summed E-state index contributed by atoms with van der Waals surface area (Å²) in [5.41, 5.74) is 0. The van der Waals surface area contributed by atoms with Crippen LogP contribution in [0.4, 0.5) is 10.6 Å². The molecule has 2 rings (SSSR count). The number of nitrogens with one attached hydrogen (secondary N) is 2. The average Bonchev–Trinajstić information content (AvgIpc) is 2.83. The number of aromatic nitrogens is 1. The Bertz CT molecular complexity index is 429. The highest BCUT2D eigenvalue weighted by molar-refractivity contribution is 5.88. The van der Waals surface area contributed by atoms with E-state index in [2.05, 4.69) is 20.7 Å². The van der Waals surface area contributed by atoms with Gasteiger partial charge in [-0.15, -0.1) is 0 Å². The Hall–Kier alpha value is -1.60. The molecule has 20 heavy (non-hydrogen) atoms. The fraction of sp³-hybridized carbons (Fsp3) is 0.692. The number of anilines is 1. The number of hydrogen-bond donors (Lipinski definition) is 3. The van der Waals surface area contributed by atoms with Gasteiger partial charge in [0.25, 0.3) is 0 Å². The smallest absolute Gasteiger partial charge is 0.320 e. The summed E-state index contributed by atoms with van der Waals surface area (Å²) in [6, 6.07) is 1.24. The second kappa shape index (κ2) is 7.25. The lowest BCUT2D eigenvalue weighted by Crippen LogP contribution is -2.43. The van der Waals surface area contributed by atoms with Crippen molar-refractivity contribution in [2.45, 2.75) is 32.3 Å². The molecule has 1 aliphatic rings. The number of likely N-dealkylation sites (tertiary alicyclic amines) is 1. The van der Waals surface area contributed by atoms with E-state index in [0.29, 0.717) is 18.1 Å². The monoisotopic (exact) mass is 282 g/mol. The van der Waals surface area contributed by atoms with Crippen LogP contribution in [0.5, 0.6) is 0 Å². The normalized spacial score (nSPS) is 17.7. The van der Waals surface area contributed by atoms with Crippen molar-refractivity contribution in [3.8, 4) is 0 Å². The van der Waals surface area contributed by atoms with Crippen molar-refractivity contribution in [1.82, 2.24) is 15.4 Å². The van der Waals surface area contributed by atoms with Crippen molar-refractivity contribution in [3.63, 3.8) is 0 Å². The van der Waals surface area contributed by atoms with E-state index in [4.69, 9.17) is 4.52 Å². The summed E-state index contributed by atoms with van der Waals surface area (Å²) >= 11 is 0. The third-order valence-electron chi connectivity index (χ3n) is 3.29. The van der Waals surface area contributed by atoms with Gasteiger partial charge in [-0.1, -0.05) is 11.6 Å². The molecule has 0 spiro atoms. The van der Waals surface area contributed by atoms with Crippen molar-refractivity contribution in [2.24, 2.45) is 0 Å². The van der Waals surface area contributed by atoms with Crippen LogP contribution in [0.1, 0.15) is 25.0 Å². The lowest BCUT2D eigenvalue weighted by Gasteiger charge is -2.28. The van der Waals surface area contributed by atoms with Gasteiger partial charge in [-0.05, 0) is 32.9 Å². The molecule has 1 aliphatic heterocycles. The molecule has 0 saturated carbocycles. The van der Waals surface area contributed by atoms with Gasteiger partial charge in [-0.25, -0.2) is 4.79 Å². The molecule has 0 unspecified atom stereocenters. The van der Waals surface area contributed by atoms with Crippen LogP contribution in [0, 0.1) is 6.92 Å². The number of β-amino-alcohol motifs (C(OH)–C–C–N with tert-alkyl or cyclic N) is 1. The van der Waals surface area contributed by atoms with Crippen molar-refractivity contribution in [3.05, 3.63) is 11.8 Å². The predicted octanol–water partition coefficient (Wildman–Crippen LogP) is 0.951. The van der Waals surface area contributed by atoms with Gasteiger partial charge in [0.2, 0.25) is 0 Å². The second-order valence-corrected chi connectivity index (χ2v) is 5.17. The topological polar surface area (TPSA) is 90.6 Å². The molecule has 7 heteroatoms. The summed E-state index contributed by atoms with van der Waals surface area (Å²) in [5.74, 6) is 0.996. The third-order valence-corrected chi connectivity index (χ3v) is 3.29. The molecule has 0 bridgehead atoms. The molecular weight excluding hydrogens is 260 g/mol. The SMILES string of the molecule is Cc1cc(NC(=O)NC[C@@H](O)CN2CCCCC2)no1. The summed E-state index contributed by atoms with van der Waals surface area (Å²) < 4.78 is 4.84. The number of hydrogen-bond acceptors (Lipinski definition) is 5. The van der Waals surface area contributed by atoms with Crippen LogP contribution < -0.4 is 10.6 Å². The number of carbonyl (C=O) groups excluding carboxylic acids is 1. The fourth-order valence-electron chi connectivity index (χ4n) is 2.30. The first-order valence-electron chi connectivity index (χ1n) is 7.02. The number of piperidine rings is 1. The van der Waals surface area contributed by atoms with Crippen LogP contribution in [0.3, 0.4) is 0 Å². The summed E-state index contributed by atoms with van der Waals surface area (Å²) in [6.45, 7) is 4.63. The summed E-state index contributed by atoms with van der Waals surface area (Å²) in [7, 11) is 0. The van der Waals surface area contributed by atoms with Gasteiger partial charge in [0, 0.05) is 19.2 Å². The quantitative estimate of drug-likeness (QED) is 0.748. The number of nitrogens with zero attached hydrogens (tertiary/aromatic N) is 2. The minimum atomic E-state index is -0.558. The second-order valence-electron chi connectivity index (χ2n) is 5.17. The van der Waals surface area contributed by atoms with Gasteiger partial charge >= 0.3 is 6.03 Å². The van der Waals surface area contributed by atoms with Gasteiger partial charge in [0.1, 0.15) is 5.76 Å². The maximum atomic E-state index is 11.6. The highest BCUT2D eigenvalue weighted by Crippen LogP contribution is 2.09. The summed E-state index contributed by atoms with van der Waals surface area (Å²) in [6.07, 6.45) is 3.08. The standard InChI is InChI=1S/C13H22N4O3/c1-10-7-12(16-20-10)15-13(19)14-8-11(18)9-17-5-3-2-4-6-17/h7,11,18H,2-6,8-9H2,1H3,(H2,14,15,16,19)/t11-/m1/s1. The van der Waals surface area contributed by atoms with Crippen molar-refractivity contribution in [1.29, 1.82) is 0 Å². The van der Waals surface area contributed by atoms with E-state index in [0.717, 1.165) is 13.1 Å². The van der Waals surface area contributed by atoms with Crippen LogP contribution in [0.15, 0.2) is 10.6 Å². The first kappa shape index (κ1) is 14.8. The average molecular weight is 282 g/mol. The summed E-state index contributed by atoms with van der Waals surface area (Å²) in [4.78, 5) is 13.8. The number of urea groups is 1. The van der Waals surface area contributed by atoms with Crippen molar-refractivity contribution < 1.29 is 14.4 Å². The zero-order valence-corrected chi connectivity index (χ0v) is 11.8. The van der Waals surface area contributed by atoms with Crippen molar-refractivity contribution in [2.75, 3.05) is 31.5 Å². The Morgan fingerprint density at radius 1 is 1.50 bits per heavy atom. The van der Waals surface area contributed by atoms with E-state index in [9.17, 15) is 9.90 Å². The molecular formula is C13H22N4O3. The first-order valence-corrected chi connectivity index (χ1v) is 7.02. The van der Waals surface area contributed by atoms with Crippen molar-refractivity contribution >= 4 is 11.8 Å². The maximum Gasteiger partial charge on any atom is 0.320 e. The molecule has 1 atom stereocenters. The lowest BCUT2D eigenvalue weighted by atomic mass is 10.1. The molecule has 0 aliphatic carbocycles. The molecule has 2 amide bonds. The molecule has 2 heterocycles. The van der Waals surface area contributed by atoms with E-state index in [1.807, 2.05) is 0 Å². The number of aryl methyl sites for hydroxylation is 1. The highest BCUT2D eigenvalue weighted by atomic mass is 16.5. The number of carbonyl (C=O) groups is 1. The maximum absolute atomic E-state index is 11.6. The Morgan fingerprint density at radius 2 is 2.25 bits per heavy atom. The number of rotatable bonds is 5. The minimum absolute atomic E-state index is 0.221. The highest BCUT2D eigenvalue weighted by Gasteiger charge is 2.15. The van der Waals surface area contributed by atoms with Crippen LogP contribution >= 0.6 is 0 Å². The lowest BCUT2D eigenvalue weighted by molar-refractivity contribution is 0.102. The largest absolute Gasteiger partial charge is 0.390 e. The number of aliphatic hydroxyl groups excluding tert-OH is 1. The zero-order valence-electron chi connectivity index (χ0n) is 11.8. The van der Waals surface area contributed by atoms with Gasteiger partial charge in [-0.2, -0.15) is 0 Å². The van der Waals surface area contributed by atoms with Crippen LogP contribution in [-0.4, -0.2) is 53.5 Å². The molecule has 1 aromatic heterocycles. The van der Waals surface area contributed by atoms with E-state index in [1.165, 1.54) is 19.3 Å². The number of amides is 2. The fourth-order valence-corrected chi connectivity index (χ4v) is 2.30. The Labute approximate surface area is 118 Å². The van der Waals surface area contributed by atoms with Crippen LogP contribution in [0.25, 0.3) is 0 Å². The molecule has 3 N–H and O–H groups in total. The van der Waals surface area contributed by atoms with Crippen LogP contribution in [0.2, 0.25) is 0 Å². The molecule has 0 radical (unpaired) electrons. The Balaban J connectivity index is 1.64. The zero-order chi connectivity index (χ0) is 14.4. The number of aliphatic hydroxyl groups is 1. The molecule has 112 valence electrons. The Kier molecular flexibility index (Phi) is 5.37. The summed E-state index contributed by atoms with van der Waals surface area (Å²) in [5, 5.41) is 18.7. The third kappa shape index (κ3) is 4.82. The predicted molar refractivity (Wildman–Crippen MR) is 74.6 cm³/mol. The molecule has 1 saturated heterocycles. The van der Waals surface area contributed by atoms with Gasteiger partial charge in [-0.3, -0.25) is 5.32 Å². The van der Waals surface area contributed by atoms with E-state index < -0.39 is 12.1 Å². The Morgan fingerprint density at radius 3 is 2.90 bits per heavy atom. The molecule has 0 aromatic carbocycles. The van der Waals surface area contributed by atoms with E-state index in [-0.39, 0.29) is 6.54 Å².